The number of sulfone groups is 1. The van der Waals surface area contributed by atoms with E-state index in [1.807, 2.05) is 12.1 Å². The van der Waals surface area contributed by atoms with Gasteiger partial charge in [-0.3, -0.25) is 0 Å². The summed E-state index contributed by atoms with van der Waals surface area (Å²) >= 11 is 0. The number of nitrogens with one attached hydrogen (secondary N) is 1. The van der Waals surface area contributed by atoms with E-state index in [9.17, 15) is 8.42 Å². The SMILES string of the molecule is O=S1(=O)CCCCC1CNCc1ccco1. The highest BCUT2D eigenvalue weighted by atomic mass is 32.2. The Bertz CT molecular complexity index is 410. The van der Waals surface area contributed by atoms with Crippen molar-refractivity contribution in [1.82, 2.24) is 5.32 Å². The Kier molecular flexibility index (Phi) is 3.66. The molecule has 0 aromatic carbocycles. The van der Waals surface area contributed by atoms with E-state index in [4.69, 9.17) is 4.42 Å². The van der Waals surface area contributed by atoms with Crippen molar-refractivity contribution < 1.29 is 12.8 Å². The maximum absolute atomic E-state index is 11.7. The Balaban J connectivity index is 1.81. The van der Waals surface area contributed by atoms with E-state index in [2.05, 4.69) is 5.32 Å². The number of hydrogen-bond acceptors (Lipinski definition) is 4. The van der Waals surface area contributed by atoms with Crippen LogP contribution >= 0.6 is 0 Å². The van der Waals surface area contributed by atoms with Crippen LogP contribution < -0.4 is 5.32 Å². The maximum Gasteiger partial charge on any atom is 0.154 e. The molecule has 1 N–H and O–H groups in total. The van der Waals surface area contributed by atoms with Crippen molar-refractivity contribution in [1.29, 1.82) is 0 Å². The number of furan rings is 1. The van der Waals surface area contributed by atoms with Crippen molar-refractivity contribution in [3.63, 3.8) is 0 Å². The summed E-state index contributed by atoms with van der Waals surface area (Å²) in [6, 6.07) is 3.71. The fraction of sp³-hybridized carbons (Fsp3) is 0.636. The molecule has 2 rings (SSSR count). The molecular weight excluding hydrogens is 226 g/mol. The molecule has 2 heterocycles. The molecule has 1 aliphatic heterocycles. The molecule has 1 aromatic heterocycles. The molecule has 1 atom stereocenters. The minimum Gasteiger partial charge on any atom is -0.468 e. The second-order valence-corrected chi connectivity index (χ2v) is 6.60. The molecule has 16 heavy (non-hydrogen) atoms. The van der Waals surface area contributed by atoms with Gasteiger partial charge in [0.1, 0.15) is 5.76 Å². The first-order chi connectivity index (χ1) is 7.68. The average molecular weight is 243 g/mol. The topological polar surface area (TPSA) is 59.3 Å². The zero-order valence-corrected chi connectivity index (χ0v) is 10.0. The Labute approximate surface area is 95.9 Å². The van der Waals surface area contributed by atoms with Crippen molar-refractivity contribution in [3.05, 3.63) is 24.2 Å². The largest absolute Gasteiger partial charge is 0.468 e. The molecule has 0 spiro atoms. The van der Waals surface area contributed by atoms with Gasteiger partial charge in [0.05, 0.1) is 23.8 Å². The predicted molar refractivity (Wildman–Crippen MR) is 61.8 cm³/mol. The van der Waals surface area contributed by atoms with Gasteiger partial charge in [0, 0.05) is 6.54 Å². The van der Waals surface area contributed by atoms with Crippen LogP contribution in [0, 0.1) is 0 Å². The third kappa shape index (κ3) is 2.86. The molecule has 0 bridgehead atoms. The summed E-state index contributed by atoms with van der Waals surface area (Å²) in [5.74, 6) is 1.19. The maximum atomic E-state index is 11.7. The highest BCUT2D eigenvalue weighted by Crippen LogP contribution is 2.18. The molecule has 1 saturated heterocycles. The molecular formula is C11H17NO3S. The molecule has 1 unspecified atom stereocenters. The van der Waals surface area contributed by atoms with E-state index < -0.39 is 9.84 Å². The molecule has 5 heteroatoms. The molecule has 1 aliphatic rings. The van der Waals surface area contributed by atoms with Crippen LogP contribution in [0.2, 0.25) is 0 Å². The van der Waals surface area contributed by atoms with Crippen molar-refractivity contribution in [2.24, 2.45) is 0 Å². The van der Waals surface area contributed by atoms with Gasteiger partial charge >= 0.3 is 0 Å². The molecule has 0 radical (unpaired) electrons. The van der Waals surface area contributed by atoms with Gasteiger partial charge in [0.25, 0.3) is 0 Å². The second kappa shape index (κ2) is 5.01. The Morgan fingerprint density at radius 2 is 2.31 bits per heavy atom. The Morgan fingerprint density at radius 3 is 3.00 bits per heavy atom. The number of hydrogen-bond donors (Lipinski definition) is 1. The zero-order chi connectivity index (χ0) is 11.4. The van der Waals surface area contributed by atoms with Gasteiger partial charge in [-0.1, -0.05) is 6.42 Å². The Hall–Kier alpha value is -0.810. The molecule has 0 saturated carbocycles. The predicted octanol–water partition coefficient (Wildman–Crippen LogP) is 1.34. The lowest BCUT2D eigenvalue weighted by atomic mass is 10.2. The van der Waals surface area contributed by atoms with Gasteiger partial charge in [-0.2, -0.15) is 0 Å². The van der Waals surface area contributed by atoms with E-state index >= 15 is 0 Å². The third-order valence-electron chi connectivity index (χ3n) is 2.96. The van der Waals surface area contributed by atoms with Crippen molar-refractivity contribution in [2.75, 3.05) is 12.3 Å². The second-order valence-electron chi connectivity index (χ2n) is 4.20. The Morgan fingerprint density at radius 1 is 1.44 bits per heavy atom. The molecule has 1 fully saturated rings. The van der Waals surface area contributed by atoms with Gasteiger partial charge in [-0.25, -0.2) is 8.42 Å². The minimum atomic E-state index is -2.86. The summed E-state index contributed by atoms with van der Waals surface area (Å²) in [4.78, 5) is 0. The summed E-state index contributed by atoms with van der Waals surface area (Å²) in [5.41, 5.74) is 0. The van der Waals surface area contributed by atoms with Crippen LogP contribution in [0.25, 0.3) is 0 Å². The highest BCUT2D eigenvalue weighted by molar-refractivity contribution is 7.92. The minimum absolute atomic E-state index is 0.212. The quantitative estimate of drug-likeness (QED) is 0.867. The number of rotatable bonds is 4. The van der Waals surface area contributed by atoms with E-state index in [1.165, 1.54) is 0 Å². The summed E-state index contributed by atoms with van der Waals surface area (Å²) in [5, 5.41) is 2.93. The zero-order valence-electron chi connectivity index (χ0n) is 9.19. The van der Waals surface area contributed by atoms with E-state index in [1.54, 1.807) is 6.26 Å². The molecule has 90 valence electrons. The fourth-order valence-electron chi connectivity index (χ4n) is 2.02. The van der Waals surface area contributed by atoms with Crippen LogP contribution in [0.1, 0.15) is 25.0 Å². The van der Waals surface area contributed by atoms with Crippen LogP contribution in [-0.2, 0) is 16.4 Å². The van der Waals surface area contributed by atoms with Crippen LogP contribution in [0.5, 0.6) is 0 Å². The monoisotopic (exact) mass is 243 g/mol. The summed E-state index contributed by atoms with van der Waals surface area (Å²) < 4.78 is 28.6. The van der Waals surface area contributed by atoms with Gasteiger partial charge < -0.3 is 9.73 Å². The first kappa shape index (κ1) is 11.7. The normalized spacial score (nSPS) is 24.4. The van der Waals surface area contributed by atoms with Crippen molar-refractivity contribution in [2.45, 2.75) is 31.1 Å². The summed E-state index contributed by atoms with van der Waals surface area (Å²) in [6.07, 6.45) is 4.24. The van der Waals surface area contributed by atoms with E-state index in [-0.39, 0.29) is 5.25 Å². The molecule has 0 amide bonds. The van der Waals surface area contributed by atoms with Crippen LogP contribution in [0.3, 0.4) is 0 Å². The smallest absolute Gasteiger partial charge is 0.154 e. The van der Waals surface area contributed by atoms with Crippen LogP contribution in [-0.4, -0.2) is 26.0 Å². The molecule has 0 aliphatic carbocycles. The van der Waals surface area contributed by atoms with Gasteiger partial charge in [-0.15, -0.1) is 0 Å². The lowest BCUT2D eigenvalue weighted by Gasteiger charge is -2.22. The van der Waals surface area contributed by atoms with Gasteiger partial charge in [0.2, 0.25) is 0 Å². The highest BCUT2D eigenvalue weighted by Gasteiger charge is 2.28. The molecule has 1 aromatic rings. The standard InChI is InChI=1S/C11H17NO3S/c13-16(14)7-2-1-5-11(16)9-12-8-10-4-3-6-15-10/h3-4,6,11-12H,1-2,5,7-9H2. The fourth-order valence-corrected chi connectivity index (χ4v) is 3.86. The third-order valence-corrected chi connectivity index (χ3v) is 5.24. The summed E-state index contributed by atoms with van der Waals surface area (Å²) in [7, 11) is -2.86. The van der Waals surface area contributed by atoms with E-state index in [0.717, 1.165) is 25.0 Å². The van der Waals surface area contributed by atoms with Gasteiger partial charge in [-0.05, 0) is 25.0 Å². The van der Waals surface area contributed by atoms with Crippen molar-refractivity contribution in [3.8, 4) is 0 Å². The first-order valence-corrected chi connectivity index (χ1v) is 7.35. The van der Waals surface area contributed by atoms with Gasteiger partial charge in [0.15, 0.2) is 9.84 Å². The lowest BCUT2D eigenvalue weighted by Crippen LogP contribution is -2.37. The molecule has 4 nitrogen and oxygen atoms in total. The average Bonchev–Trinajstić information content (AvgIpc) is 2.73. The van der Waals surface area contributed by atoms with E-state index in [0.29, 0.717) is 18.8 Å². The summed E-state index contributed by atoms with van der Waals surface area (Å²) in [6.45, 7) is 1.13. The lowest BCUT2D eigenvalue weighted by molar-refractivity contribution is 0.470. The van der Waals surface area contributed by atoms with Crippen LogP contribution in [0.4, 0.5) is 0 Å². The van der Waals surface area contributed by atoms with Crippen molar-refractivity contribution >= 4 is 9.84 Å². The van der Waals surface area contributed by atoms with Crippen LogP contribution in [0.15, 0.2) is 22.8 Å². The first-order valence-electron chi connectivity index (χ1n) is 5.63.